The first kappa shape index (κ1) is 12.5. The second kappa shape index (κ2) is 5.20. The van der Waals surface area contributed by atoms with Crippen molar-refractivity contribution in [1.82, 2.24) is 20.5 Å². The van der Waals surface area contributed by atoms with Gasteiger partial charge in [0.1, 0.15) is 11.6 Å². The summed E-state index contributed by atoms with van der Waals surface area (Å²) in [4.78, 5) is 25.6. The molecule has 104 valence electrons. The summed E-state index contributed by atoms with van der Waals surface area (Å²) in [6.45, 7) is 0.714. The molecule has 1 aromatic carbocycles. The predicted octanol–water partition coefficient (Wildman–Crippen LogP) is 0.280. The van der Waals surface area contributed by atoms with E-state index >= 15 is 0 Å². The van der Waals surface area contributed by atoms with Crippen molar-refractivity contribution in [2.24, 2.45) is 0 Å². The van der Waals surface area contributed by atoms with Crippen LogP contribution in [-0.2, 0) is 11.3 Å². The first-order valence-corrected chi connectivity index (χ1v) is 6.37. The highest BCUT2D eigenvalue weighted by atomic mass is 16.5. The number of carbonyl (C=O) groups excluding carboxylic acids is 1. The van der Waals surface area contributed by atoms with E-state index in [1.165, 1.54) is 0 Å². The molecule has 0 bridgehead atoms. The van der Waals surface area contributed by atoms with Crippen LogP contribution < -0.4 is 15.7 Å². The average molecular weight is 274 g/mol. The molecule has 7 heteroatoms. The third kappa shape index (κ3) is 2.42. The minimum absolute atomic E-state index is 0.0930. The molecule has 0 saturated heterocycles. The molecule has 1 amide bonds. The van der Waals surface area contributed by atoms with E-state index in [2.05, 4.69) is 20.5 Å². The summed E-state index contributed by atoms with van der Waals surface area (Å²) in [6.07, 6.45) is 0.639. The Morgan fingerprint density at radius 3 is 3.10 bits per heavy atom. The van der Waals surface area contributed by atoms with Crippen LogP contribution in [0.5, 0.6) is 5.75 Å². The number of fused-ring (bicyclic) bond motifs is 1. The van der Waals surface area contributed by atoms with E-state index in [-0.39, 0.29) is 24.1 Å². The maximum Gasteiger partial charge on any atom is 0.340 e. The maximum absolute atomic E-state index is 12.2. The van der Waals surface area contributed by atoms with Crippen molar-refractivity contribution in [1.29, 1.82) is 0 Å². The molecule has 0 aliphatic carbocycles. The van der Waals surface area contributed by atoms with Gasteiger partial charge < -0.3 is 10.1 Å². The van der Waals surface area contributed by atoms with Crippen LogP contribution in [0.3, 0.4) is 0 Å². The number of nitrogens with zero attached hydrogens (tertiary/aromatic N) is 1. The monoisotopic (exact) mass is 274 g/mol. The number of carbonyl (C=O) groups is 1. The fraction of sp³-hybridized carbons (Fsp3) is 0.308. The highest BCUT2D eigenvalue weighted by Crippen LogP contribution is 2.33. The standard InChI is InChI=1S/C13H14N4O3/c18-12(14-7-11-15-13(19)17-16-11)9-5-6-20-10-4-2-1-3-8(9)10/h1-4,9H,5-7H2,(H,14,18)(H2,15,16,17,19)/t9-/m0/s1. The molecular formula is C13H14N4O3. The first-order chi connectivity index (χ1) is 9.74. The number of nitrogens with one attached hydrogen (secondary N) is 3. The van der Waals surface area contributed by atoms with Crippen molar-refractivity contribution in [3.05, 3.63) is 46.1 Å². The molecule has 2 aromatic rings. The van der Waals surface area contributed by atoms with Gasteiger partial charge in [-0.05, 0) is 12.5 Å². The molecule has 3 rings (SSSR count). The summed E-state index contributed by atoms with van der Waals surface area (Å²) < 4.78 is 5.53. The molecule has 1 aliphatic rings. The molecular weight excluding hydrogens is 260 g/mol. The van der Waals surface area contributed by atoms with Crippen LogP contribution in [0.4, 0.5) is 0 Å². The highest BCUT2D eigenvalue weighted by Gasteiger charge is 2.27. The highest BCUT2D eigenvalue weighted by molar-refractivity contribution is 5.84. The Morgan fingerprint density at radius 2 is 2.30 bits per heavy atom. The second-order valence-corrected chi connectivity index (χ2v) is 4.57. The Balaban J connectivity index is 1.70. The van der Waals surface area contributed by atoms with Crippen molar-refractivity contribution in [2.75, 3.05) is 6.61 Å². The number of H-pyrrole nitrogens is 2. The summed E-state index contributed by atoms with van der Waals surface area (Å²) in [6, 6.07) is 7.53. The molecule has 0 radical (unpaired) electrons. The third-order valence-corrected chi connectivity index (χ3v) is 3.26. The second-order valence-electron chi connectivity index (χ2n) is 4.57. The number of hydrogen-bond donors (Lipinski definition) is 3. The molecule has 3 N–H and O–H groups in total. The fourth-order valence-electron chi connectivity index (χ4n) is 2.30. The predicted molar refractivity (Wildman–Crippen MR) is 70.4 cm³/mol. The topological polar surface area (TPSA) is 99.9 Å². The molecule has 1 atom stereocenters. The van der Waals surface area contributed by atoms with E-state index < -0.39 is 0 Å². The summed E-state index contributed by atoms with van der Waals surface area (Å²) in [5, 5.41) is 8.78. The lowest BCUT2D eigenvalue weighted by atomic mass is 9.92. The van der Waals surface area contributed by atoms with Crippen LogP contribution in [0.2, 0.25) is 0 Å². The van der Waals surface area contributed by atoms with Gasteiger partial charge in [-0.15, -0.1) is 0 Å². The lowest BCUT2D eigenvalue weighted by molar-refractivity contribution is -0.123. The van der Waals surface area contributed by atoms with Crippen molar-refractivity contribution >= 4 is 5.91 Å². The van der Waals surface area contributed by atoms with Crippen LogP contribution in [0, 0.1) is 0 Å². The molecule has 0 unspecified atom stereocenters. The molecule has 2 heterocycles. The Morgan fingerprint density at radius 1 is 1.45 bits per heavy atom. The number of hydrogen-bond acceptors (Lipinski definition) is 4. The number of amides is 1. The van der Waals surface area contributed by atoms with E-state index in [0.717, 1.165) is 11.3 Å². The van der Waals surface area contributed by atoms with Crippen LogP contribution in [0.1, 0.15) is 23.7 Å². The number of benzene rings is 1. The van der Waals surface area contributed by atoms with Gasteiger partial charge >= 0.3 is 5.69 Å². The van der Waals surface area contributed by atoms with Gasteiger partial charge in [0, 0.05) is 5.56 Å². The fourth-order valence-corrected chi connectivity index (χ4v) is 2.30. The van der Waals surface area contributed by atoms with Crippen molar-refractivity contribution < 1.29 is 9.53 Å². The van der Waals surface area contributed by atoms with Crippen LogP contribution in [0.25, 0.3) is 0 Å². The van der Waals surface area contributed by atoms with Gasteiger partial charge in [-0.25, -0.2) is 9.89 Å². The average Bonchev–Trinajstić information content (AvgIpc) is 2.90. The number of aromatic amines is 2. The van der Waals surface area contributed by atoms with E-state index in [0.29, 0.717) is 18.9 Å². The normalized spacial score (nSPS) is 17.1. The zero-order valence-corrected chi connectivity index (χ0v) is 10.7. The van der Waals surface area contributed by atoms with Gasteiger partial charge in [0.25, 0.3) is 0 Å². The number of rotatable bonds is 3. The Bertz CT molecular complexity index is 676. The molecule has 1 aliphatic heterocycles. The van der Waals surface area contributed by atoms with E-state index in [1.807, 2.05) is 24.3 Å². The summed E-state index contributed by atoms with van der Waals surface area (Å²) in [5.41, 5.74) is 0.512. The van der Waals surface area contributed by atoms with Gasteiger partial charge in [0.15, 0.2) is 0 Å². The number of aromatic nitrogens is 3. The van der Waals surface area contributed by atoms with Crippen LogP contribution >= 0.6 is 0 Å². The van der Waals surface area contributed by atoms with Gasteiger partial charge in [0.2, 0.25) is 5.91 Å². The largest absolute Gasteiger partial charge is 0.493 e. The van der Waals surface area contributed by atoms with Crippen molar-refractivity contribution in [3.63, 3.8) is 0 Å². The van der Waals surface area contributed by atoms with Gasteiger partial charge in [0.05, 0.1) is 19.1 Å². The number of para-hydroxylation sites is 1. The summed E-state index contributed by atoms with van der Waals surface area (Å²) in [7, 11) is 0. The van der Waals surface area contributed by atoms with E-state index in [4.69, 9.17) is 4.74 Å². The molecule has 0 fully saturated rings. The summed E-state index contributed by atoms with van der Waals surface area (Å²) >= 11 is 0. The van der Waals surface area contributed by atoms with Crippen molar-refractivity contribution in [2.45, 2.75) is 18.9 Å². The van der Waals surface area contributed by atoms with Crippen molar-refractivity contribution in [3.8, 4) is 5.75 Å². The van der Waals surface area contributed by atoms with Crippen LogP contribution in [0.15, 0.2) is 29.1 Å². The zero-order valence-electron chi connectivity index (χ0n) is 10.7. The minimum Gasteiger partial charge on any atom is -0.493 e. The Hall–Kier alpha value is -2.57. The molecule has 7 nitrogen and oxygen atoms in total. The summed E-state index contributed by atoms with van der Waals surface area (Å²) in [5.74, 6) is 0.839. The Labute approximate surface area is 114 Å². The number of ether oxygens (including phenoxy) is 1. The maximum atomic E-state index is 12.2. The van der Waals surface area contributed by atoms with Gasteiger partial charge in [-0.3, -0.25) is 9.78 Å². The molecule has 0 saturated carbocycles. The molecule has 1 aromatic heterocycles. The van der Waals surface area contributed by atoms with Gasteiger partial charge in [-0.1, -0.05) is 18.2 Å². The van der Waals surface area contributed by atoms with E-state index in [1.54, 1.807) is 0 Å². The minimum atomic E-state index is -0.384. The van der Waals surface area contributed by atoms with Gasteiger partial charge in [-0.2, -0.15) is 5.10 Å². The quantitative estimate of drug-likeness (QED) is 0.748. The van der Waals surface area contributed by atoms with E-state index in [9.17, 15) is 9.59 Å². The lowest BCUT2D eigenvalue weighted by Crippen LogP contribution is -2.32. The third-order valence-electron chi connectivity index (χ3n) is 3.26. The Kier molecular flexibility index (Phi) is 3.24. The molecule has 0 spiro atoms. The smallest absolute Gasteiger partial charge is 0.340 e. The van der Waals surface area contributed by atoms with Crippen LogP contribution in [-0.4, -0.2) is 27.7 Å². The molecule has 20 heavy (non-hydrogen) atoms. The SMILES string of the molecule is O=C(NCc1n[nH]c(=O)[nH]1)[C@H]1CCOc2ccccc21. The lowest BCUT2D eigenvalue weighted by Gasteiger charge is -2.24. The zero-order chi connectivity index (χ0) is 13.9. The first-order valence-electron chi connectivity index (χ1n) is 6.37.